The molecule has 2 rings (SSSR count). The van der Waals surface area contributed by atoms with Crippen LogP contribution in [-0.2, 0) is 11.3 Å². The molecule has 1 fully saturated rings. The normalized spacial score (nSPS) is 16.6. The predicted molar refractivity (Wildman–Crippen MR) is 82.9 cm³/mol. The molecule has 1 amide bonds. The van der Waals surface area contributed by atoms with Gasteiger partial charge in [-0.3, -0.25) is 4.79 Å². The van der Waals surface area contributed by atoms with Gasteiger partial charge in [-0.1, -0.05) is 12.1 Å². The summed E-state index contributed by atoms with van der Waals surface area (Å²) in [5, 5.41) is 3.49. The van der Waals surface area contributed by atoms with Gasteiger partial charge >= 0.3 is 0 Å². The lowest BCUT2D eigenvalue weighted by Gasteiger charge is -2.22. The van der Waals surface area contributed by atoms with Crippen LogP contribution in [0.15, 0.2) is 24.3 Å². The fourth-order valence-electron chi connectivity index (χ4n) is 2.50. The molecule has 1 unspecified atom stereocenters. The van der Waals surface area contributed by atoms with Crippen LogP contribution in [-0.4, -0.2) is 44.0 Å². The molecule has 0 radical (unpaired) electrons. The van der Waals surface area contributed by atoms with Gasteiger partial charge < -0.3 is 15.1 Å². The van der Waals surface area contributed by atoms with Crippen molar-refractivity contribution in [1.82, 2.24) is 10.2 Å². The summed E-state index contributed by atoms with van der Waals surface area (Å²) in [4.78, 5) is 15.6. The third kappa shape index (κ3) is 3.97. The maximum absolute atomic E-state index is 11.6. The molecule has 1 aliphatic heterocycles. The van der Waals surface area contributed by atoms with E-state index in [-0.39, 0.29) is 0 Å². The molecule has 1 aromatic rings. The second kappa shape index (κ2) is 6.75. The van der Waals surface area contributed by atoms with Crippen LogP contribution in [0.2, 0.25) is 0 Å². The number of benzene rings is 1. The molecule has 0 spiro atoms. The highest BCUT2D eigenvalue weighted by molar-refractivity contribution is 5.78. The van der Waals surface area contributed by atoms with E-state index in [2.05, 4.69) is 41.4 Å². The maximum atomic E-state index is 11.6. The van der Waals surface area contributed by atoms with Crippen molar-refractivity contribution in [3.63, 3.8) is 0 Å². The van der Waals surface area contributed by atoms with E-state index in [1.807, 2.05) is 19.0 Å². The van der Waals surface area contributed by atoms with Crippen molar-refractivity contribution >= 4 is 11.6 Å². The van der Waals surface area contributed by atoms with Gasteiger partial charge in [-0.2, -0.15) is 0 Å². The lowest BCUT2D eigenvalue weighted by molar-refractivity contribution is -0.127. The zero-order valence-corrected chi connectivity index (χ0v) is 12.7. The number of nitrogens with one attached hydrogen (secondary N) is 1. The third-order valence-corrected chi connectivity index (χ3v) is 3.77. The minimum atomic E-state index is 0.300. The first-order chi connectivity index (χ1) is 9.56. The van der Waals surface area contributed by atoms with Crippen molar-refractivity contribution in [2.75, 3.05) is 32.1 Å². The second-order valence-corrected chi connectivity index (χ2v) is 5.79. The molecule has 1 aromatic carbocycles. The fourth-order valence-corrected chi connectivity index (χ4v) is 2.50. The number of anilines is 1. The summed E-state index contributed by atoms with van der Waals surface area (Å²) in [7, 11) is 4.09. The Kier molecular flexibility index (Phi) is 5.01. The Morgan fingerprint density at radius 2 is 2.00 bits per heavy atom. The lowest BCUT2D eigenvalue weighted by Crippen LogP contribution is -2.39. The number of likely N-dealkylation sites (tertiary alicyclic amines) is 1. The Morgan fingerprint density at radius 3 is 2.55 bits per heavy atom. The lowest BCUT2D eigenvalue weighted by atomic mass is 10.2. The Balaban J connectivity index is 1.77. The highest BCUT2D eigenvalue weighted by atomic mass is 16.2. The Hall–Kier alpha value is -1.55. The molecule has 1 aliphatic rings. The van der Waals surface area contributed by atoms with Gasteiger partial charge in [0.2, 0.25) is 5.91 Å². The van der Waals surface area contributed by atoms with Crippen LogP contribution in [0, 0.1) is 0 Å². The molecule has 0 aromatic heterocycles. The predicted octanol–water partition coefficient (Wildman–Crippen LogP) is 1.85. The summed E-state index contributed by atoms with van der Waals surface area (Å²) in [6.45, 7) is 4.72. The summed E-state index contributed by atoms with van der Waals surface area (Å²) in [5.41, 5.74) is 2.49. The number of nitrogens with zero attached hydrogens (tertiary/aromatic N) is 2. The van der Waals surface area contributed by atoms with Crippen molar-refractivity contribution in [1.29, 1.82) is 0 Å². The van der Waals surface area contributed by atoms with E-state index in [9.17, 15) is 4.79 Å². The van der Waals surface area contributed by atoms with Gasteiger partial charge in [0.25, 0.3) is 0 Å². The van der Waals surface area contributed by atoms with E-state index in [0.29, 0.717) is 11.9 Å². The maximum Gasteiger partial charge on any atom is 0.222 e. The molecule has 4 heteroatoms. The molecular formula is C16H25N3O. The standard InChI is InChI=1S/C16H25N3O/c1-13(12-19-10-4-5-16(19)20)17-11-14-6-8-15(9-7-14)18(2)3/h6-9,13,17H,4-5,10-12H2,1-3H3. The third-order valence-electron chi connectivity index (χ3n) is 3.77. The first kappa shape index (κ1) is 14.9. The van der Waals surface area contributed by atoms with Crippen molar-refractivity contribution in [3.05, 3.63) is 29.8 Å². The summed E-state index contributed by atoms with van der Waals surface area (Å²) < 4.78 is 0. The van der Waals surface area contributed by atoms with E-state index in [4.69, 9.17) is 0 Å². The van der Waals surface area contributed by atoms with Crippen molar-refractivity contribution in [2.24, 2.45) is 0 Å². The largest absolute Gasteiger partial charge is 0.378 e. The molecule has 1 atom stereocenters. The number of rotatable bonds is 6. The second-order valence-electron chi connectivity index (χ2n) is 5.79. The molecule has 20 heavy (non-hydrogen) atoms. The Labute approximate surface area is 121 Å². The molecule has 0 bridgehead atoms. The van der Waals surface area contributed by atoms with Crippen LogP contribution in [0.4, 0.5) is 5.69 Å². The van der Waals surface area contributed by atoms with Gasteiger partial charge in [0, 0.05) is 51.9 Å². The number of amides is 1. The molecule has 1 heterocycles. The van der Waals surface area contributed by atoms with Crippen LogP contribution in [0.5, 0.6) is 0 Å². The van der Waals surface area contributed by atoms with E-state index in [1.165, 1.54) is 11.3 Å². The Bertz CT molecular complexity index is 442. The van der Waals surface area contributed by atoms with E-state index < -0.39 is 0 Å². The quantitative estimate of drug-likeness (QED) is 0.860. The van der Waals surface area contributed by atoms with Gasteiger partial charge in [0.05, 0.1) is 0 Å². The van der Waals surface area contributed by atoms with E-state index in [1.54, 1.807) is 0 Å². The van der Waals surface area contributed by atoms with Crippen LogP contribution < -0.4 is 10.2 Å². The molecule has 1 N–H and O–H groups in total. The van der Waals surface area contributed by atoms with Gasteiger partial charge in [0.1, 0.15) is 0 Å². The van der Waals surface area contributed by atoms with Crippen molar-refractivity contribution in [2.45, 2.75) is 32.4 Å². The van der Waals surface area contributed by atoms with Crippen LogP contribution >= 0.6 is 0 Å². The summed E-state index contributed by atoms with van der Waals surface area (Å²) in [6.07, 6.45) is 1.73. The minimum absolute atomic E-state index is 0.300. The molecular weight excluding hydrogens is 250 g/mol. The smallest absolute Gasteiger partial charge is 0.222 e. The molecule has 1 saturated heterocycles. The zero-order valence-electron chi connectivity index (χ0n) is 12.7. The summed E-state index contributed by atoms with van der Waals surface area (Å²) in [6, 6.07) is 8.88. The van der Waals surface area contributed by atoms with Gasteiger partial charge in [-0.25, -0.2) is 0 Å². The fraction of sp³-hybridized carbons (Fsp3) is 0.562. The average Bonchev–Trinajstić information content (AvgIpc) is 2.82. The monoisotopic (exact) mass is 275 g/mol. The van der Waals surface area contributed by atoms with Gasteiger partial charge in [-0.05, 0) is 31.0 Å². The number of carbonyl (C=O) groups is 1. The molecule has 0 saturated carbocycles. The SMILES string of the molecule is CC(CN1CCCC1=O)NCc1ccc(N(C)C)cc1. The van der Waals surface area contributed by atoms with Gasteiger partial charge in [-0.15, -0.1) is 0 Å². The van der Waals surface area contributed by atoms with Crippen molar-refractivity contribution in [3.8, 4) is 0 Å². The first-order valence-electron chi connectivity index (χ1n) is 7.33. The van der Waals surface area contributed by atoms with Crippen molar-refractivity contribution < 1.29 is 4.79 Å². The topological polar surface area (TPSA) is 35.6 Å². The number of hydrogen-bond acceptors (Lipinski definition) is 3. The molecule has 4 nitrogen and oxygen atoms in total. The van der Waals surface area contributed by atoms with E-state index in [0.717, 1.165) is 32.5 Å². The first-order valence-corrected chi connectivity index (χ1v) is 7.33. The van der Waals surface area contributed by atoms with Crippen LogP contribution in [0.25, 0.3) is 0 Å². The highest BCUT2D eigenvalue weighted by Gasteiger charge is 2.21. The number of hydrogen-bond donors (Lipinski definition) is 1. The number of carbonyl (C=O) groups excluding carboxylic acids is 1. The van der Waals surface area contributed by atoms with Gasteiger partial charge in [0.15, 0.2) is 0 Å². The highest BCUT2D eigenvalue weighted by Crippen LogP contribution is 2.13. The van der Waals surface area contributed by atoms with E-state index >= 15 is 0 Å². The molecule has 0 aliphatic carbocycles. The minimum Gasteiger partial charge on any atom is -0.378 e. The summed E-state index contributed by atoms with van der Waals surface area (Å²) in [5.74, 6) is 0.300. The van der Waals surface area contributed by atoms with Crippen LogP contribution in [0.1, 0.15) is 25.3 Å². The average molecular weight is 275 g/mol. The van der Waals surface area contributed by atoms with Crippen LogP contribution in [0.3, 0.4) is 0 Å². The Morgan fingerprint density at radius 1 is 1.30 bits per heavy atom. The molecule has 110 valence electrons. The zero-order chi connectivity index (χ0) is 14.5. The summed E-state index contributed by atoms with van der Waals surface area (Å²) >= 11 is 0.